The van der Waals surface area contributed by atoms with Crippen LogP contribution < -0.4 is 5.32 Å². The van der Waals surface area contributed by atoms with E-state index >= 15 is 0 Å². The van der Waals surface area contributed by atoms with Gasteiger partial charge < -0.3 is 24.3 Å². The van der Waals surface area contributed by atoms with Gasteiger partial charge >= 0.3 is 5.97 Å². The van der Waals surface area contributed by atoms with Gasteiger partial charge in [0.05, 0.1) is 30.8 Å². The number of nitrogens with one attached hydrogen (secondary N) is 1. The summed E-state index contributed by atoms with van der Waals surface area (Å²) in [4.78, 5) is 25.5. The standard InChI is InChI=1S/C56H111NO6/c1-8-12-14-16-18-20-22-24-26-28-30-32-34-36-38-40-42-52(43-41-39-37-35-33-31-29-27-25-23-21-19-17-15-13-9-2)63-54(59)45-44-53(58)57-48-51-61-49-46-56(6,11-4)62-50-47-55(5,10-3)60-7/h52H,8-51H2,1-7H3,(H,57,58). The van der Waals surface area contributed by atoms with Gasteiger partial charge in [0.25, 0.3) is 0 Å². The van der Waals surface area contributed by atoms with Crippen molar-refractivity contribution >= 4 is 11.9 Å². The average molecular weight is 895 g/mol. The summed E-state index contributed by atoms with van der Waals surface area (Å²) >= 11 is 0. The van der Waals surface area contributed by atoms with Crippen LogP contribution in [0.2, 0.25) is 0 Å². The summed E-state index contributed by atoms with van der Waals surface area (Å²) in [6.45, 7) is 15.2. The summed E-state index contributed by atoms with van der Waals surface area (Å²) in [5.41, 5.74) is -0.403. The first-order valence-corrected chi connectivity index (χ1v) is 27.9. The van der Waals surface area contributed by atoms with Crippen LogP contribution in [0.1, 0.15) is 298 Å². The van der Waals surface area contributed by atoms with E-state index in [1.807, 2.05) is 0 Å². The van der Waals surface area contributed by atoms with Crippen molar-refractivity contribution in [3.63, 3.8) is 0 Å². The normalized spacial score (nSPS) is 13.7. The quantitative estimate of drug-likeness (QED) is 0.0484. The molecule has 7 heteroatoms. The van der Waals surface area contributed by atoms with Crippen molar-refractivity contribution in [1.82, 2.24) is 5.32 Å². The van der Waals surface area contributed by atoms with Gasteiger partial charge in [0, 0.05) is 26.7 Å². The molecule has 7 nitrogen and oxygen atoms in total. The maximum atomic E-state index is 13.0. The van der Waals surface area contributed by atoms with Crippen LogP contribution in [0.3, 0.4) is 0 Å². The molecule has 2 atom stereocenters. The highest BCUT2D eigenvalue weighted by molar-refractivity contribution is 5.81. The fourth-order valence-electron chi connectivity index (χ4n) is 8.59. The number of amides is 1. The second kappa shape index (κ2) is 46.0. The lowest BCUT2D eigenvalue weighted by Gasteiger charge is -2.32. The topological polar surface area (TPSA) is 83.1 Å². The van der Waals surface area contributed by atoms with E-state index in [1.165, 1.54) is 193 Å². The molecule has 0 aromatic rings. The Morgan fingerprint density at radius 1 is 0.460 bits per heavy atom. The van der Waals surface area contributed by atoms with Gasteiger partial charge in [-0.2, -0.15) is 0 Å². The zero-order chi connectivity index (χ0) is 46.4. The van der Waals surface area contributed by atoms with Gasteiger partial charge in [-0.15, -0.1) is 0 Å². The van der Waals surface area contributed by atoms with Gasteiger partial charge in [-0.3, -0.25) is 9.59 Å². The van der Waals surface area contributed by atoms with E-state index in [0.29, 0.717) is 26.4 Å². The SMILES string of the molecule is CCCCCCCCCCCCCCCCCCC(CCCCCCCCCCCCCCCCCC)OC(=O)CCC(=O)NCCOCCC(C)(CC)OCCC(C)(CC)OC. The van der Waals surface area contributed by atoms with E-state index in [1.54, 1.807) is 7.11 Å². The molecule has 0 aromatic carbocycles. The van der Waals surface area contributed by atoms with Crippen molar-refractivity contribution in [3.05, 3.63) is 0 Å². The van der Waals surface area contributed by atoms with E-state index in [2.05, 4.69) is 46.9 Å². The molecule has 0 saturated carbocycles. The van der Waals surface area contributed by atoms with Gasteiger partial charge in [0.1, 0.15) is 6.10 Å². The number of hydrogen-bond donors (Lipinski definition) is 1. The van der Waals surface area contributed by atoms with Gasteiger partial charge in [-0.25, -0.2) is 0 Å². The Kier molecular flexibility index (Phi) is 45.1. The van der Waals surface area contributed by atoms with Gasteiger partial charge in [0.15, 0.2) is 0 Å². The summed E-state index contributed by atoms with van der Waals surface area (Å²) in [6.07, 6.45) is 49.1. The van der Waals surface area contributed by atoms with Crippen molar-refractivity contribution in [2.75, 3.05) is 33.5 Å². The fourth-order valence-corrected chi connectivity index (χ4v) is 8.59. The predicted molar refractivity (Wildman–Crippen MR) is 271 cm³/mol. The highest BCUT2D eigenvalue weighted by atomic mass is 16.5. The lowest BCUT2D eigenvalue weighted by atomic mass is 9.97. The third-order valence-electron chi connectivity index (χ3n) is 14.0. The molecule has 0 aromatic heterocycles. The van der Waals surface area contributed by atoms with Gasteiger partial charge in [-0.05, 0) is 65.2 Å². The number of unbranched alkanes of at least 4 members (excludes halogenated alkanes) is 30. The zero-order valence-electron chi connectivity index (χ0n) is 43.6. The molecule has 0 fully saturated rings. The number of esters is 1. The minimum atomic E-state index is -0.248. The van der Waals surface area contributed by atoms with Crippen LogP contribution in [0, 0.1) is 0 Å². The zero-order valence-corrected chi connectivity index (χ0v) is 43.6. The first kappa shape index (κ1) is 61.8. The van der Waals surface area contributed by atoms with Crippen LogP contribution in [0.15, 0.2) is 0 Å². The molecule has 0 saturated heterocycles. The van der Waals surface area contributed by atoms with Crippen molar-refractivity contribution in [3.8, 4) is 0 Å². The lowest BCUT2D eigenvalue weighted by molar-refractivity contribution is -0.151. The molecule has 0 spiro atoms. The molecular formula is C56H111NO6. The van der Waals surface area contributed by atoms with E-state index in [9.17, 15) is 9.59 Å². The summed E-state index contributed by atoms with van der Waals surface area (Å²) in [7, 11) is 1.77. The number of rotatable bonds is 51. The minimum Gasteiger partial charge on any atom is -0.462 e. The lowest BCUT2D eigenvalue weighted by Crippen LogP contribution is -2.34. The van der Waals surface area contributed by atoms with Crippen LogP contribution in [0.25, 0.3) is 0 Å². The number of ether oxygens (including phenoxy) is 4. The maximum Gasteiger partial charge on any atom is 0.306 e. The molecule has 0 rings (SSSR count). The number of methoxy groups -OCH3 is 1. The third kappa shape index (κ3) is 42.0. The Labute approximate surface area is 393 Å². The summed E-state index contributed by atoms with van der Waals surface area (Å²) < 4.78 is 23.8. The molecule has 0 heterocycles. The number of carbonyl (C=O) groups excluding carboxylic acids is 2. The van der Waals surface area contributed by atoms with E-state index in [0.717, 1.165) is 51.4 Å². The molecule has 1 amide bonds. The fraction of sp³-hybridized carbons (Fsp3) is 0.964. The van der Waals surface area contributed by atoms with Crippen LogP contribution in [0.5, 0.6) is 0 Å². The molecule has 0 aliphatic rings. The molecule has 376 valence electrons. The van der Waals surface area contributed by atoms with Crippen LogP contribution in [0.4, 0.5) is 0 Å². The van der Waals surface area contributed by atoms with Crippen LogP contribution in [-0.4, -0.2) is 62.7 Å². The summed E-state index contributed by atoms with van der Waals surface area (Å²) in [6, 6.07) is 0. The first-order chi connectivity index (χ1) is 30.7. The Hall–Kier alpha value is -1.18. The Balaban J connectivity index is 4.40. The van der Waals surface area contributed by atoms with Crippen molar-refractivity contribution in [1.29, 1.82) is 0 Å². The largest absolute Gasteiger partial charge is 0.462 e. The van der Waals surface area contributed by atoms with Crippen LogP contribution in [-0.2, 0) is 28.5 Å². The smallest absolute Gasteiger partial charge is 0.306 e. The third-order valence-corrected chi connectivity index (χ3v) is 14.0. The van der Waals surface area contributed by atoms with Crippen LogP contribution >= 0.6 is 0 Å². The van der Waals surface area contributed by atoms with E-state index < -0.39 is 0 Å². The van der Waals surface area contributed by atoms with Gasteiger partial charge in [-0.1, -0.05) is 220 Å². The first-order valence-electron chi connectivity index (χ1n) is 27.9. The van der Waals surface area contributed by atoms with Crippen molar-refractivity contribution in [2.24, 2.45) is 0 Å². The maximum absolute atomic E-state index is 13.0. The molecule has 0 radical (unpaired) electrons. The Bertz CT molecular complexity index is 936. The number of hydrogen-bond acceptors (Lipinski definition) is 6. The van der Waals surface area contributed by atoms with Gasteiger partial charge in [0.2, 0.25) is 5.91 Å². The Morgan fingerprint density at radius 2 is 0.825 bits per heavy atom. The average Bonchev–Trinajstić information content (AvgIpc) is 3.28. The molecule has 63 heavy (non-hydrogen) atoms. The summed E-state index contributed by atoms with van der Waals surface area (Å²) in [5.74, 6) is -0.357. The number of carbonyl (C=O) groups is 2. The predicted octanol–water partition coefficient (Wildman–Crippen LogP) is 16.9. The van der Waals surface area contributed by atoms with E-state index in [-0.39, 0.29) is 42.0 Å². The Morgan fingerprint density at radius 3 is 1.19 bits per heavy atom. The molecule has 0 aliphatic carbocycles. The highest BCUT2D eigenvalue weighted by Crippen LogP contribution is 2.25. The van der Waals surface area contributed by atoms with E-state index in [4.69, 9.17) is 18.9 Å². The molecule has 1 N–H and O–H groups in total. The monoisotopic (exact) mass is 894 g/mol. The van der Waals surface area contributed by atoms with Crippen molar-refractivity contribution < 1.29 is 28.5 Å². The minimum absolute atomic E-state index is 0.0267. The molecule has 0 bridgehead atoms. The van der Waals surface area contributed by atoms with Crippen molar-refractivity contribution in [2.45, 2.75) is 316 Å². The highest BCUT2D eigenvalue weighted by Gasteiger charge is 2.26. The molecule has 2 unspecified atom stereocenters. The molecule has 0 aliphatic heterocycles. The second-order valence-corrected chi connectivity index (χ2v) is 19.9. The second-order valence-electron chi connectivity index (χ2n) is 19.9. The summed E-state index contributed by atoms with van der Waals surface area (Å²) in [5, 5.41) is 2.92. The molecular weight excluding hydrogens is 783 g/mol.